The second-order valence-electron chi connectivity index (χ2n) is 21.2. The van der Waals surface area contributed by atoms with Gasteiger partial charge in [0, 0.05) is 58.3 Å². The largest absolute Gasteiger partial charge is 0.457 e. The molecule has 0 amide bonds. The monoisotopic (exact) mass is 842 g/mol. The van der Waals surface area contributed by atoms with Crippen LogP contribution in [0.4, 0.5) is 11.4 Å². The molecule has 8 aromatic rings. The van der Waals surface area contributed by atoms with E-state index in [-0.39, 0.29) is 21.7 Å². The number of fused-ring (bicyclic) bond motifs is 3. The van der Waals surface area contributed by atoms with Gasteiger partial charge in [-0.25, -0.2) is 4.98 Å². The van der Waals surface area contributed by atoms with E-state index in [0.717, 1.165) is 45.2 Å². The summed E-state index contributed by atoms with van der Waals surface area (Å²) in [6.07, 6.45) is 6.35. The molecule has 0 atom stereocenters. The zero-order valence-corrected chi connectivity index (χ0v) is 39.5. The summed E-state index contributed by atoms with van der Waals surface area (Å²) >= 11 is 0. The maximum absolute atomic E-state index is 7.11. The Labute approximate surface area is 380 Å². The van der Waals surface area contributed by atoms with Gasteiger partial charge in [0.1, 0.15) is 17.3 Å². The summed E-state index contributed by atoms with van der Waals surface area (Å²) in [6.45, 7) is 25.9. The normalized spacial score (nSPS) is 13.7. The summed E-state index contributed by atoms with van der Waals surface area (Å²) in [5.74, 6) is 2.47. The third kappa shape index (κ3) is 8.20. The van der Waals surface area contributed by atoms with Gasteiger partial charge >= 0.3 is 0 Å². The number of para-hydroxylation sites is 1. The molecule has 0 fully saturated rings. The lowest BCUT2D eigenvalue weighted by Crippen LogP contribution is -2.26. The topological polar surface area (TPSA) is 33.5 Å². The SMILES string of the molecule is CC(C)(C)c1cc(N2C=CN(c3cc(Oc4cc(C(C)(C)C)c5c6ccccc6n(-c6cc(C(C)(C)C)ccn6)c5c4)cc(-c4ccccc4)c3)C2)cc(C(C)(C)c2ccccc2)c1. The molecule has 0 N–H and O–H groups in total. The Kier molecular flexibility index (Phi) is 10.6. The van der Waals surface area contributed by atoms with Gasteiger partial charge in [0.2, 0.25) is 0 Å². The fourth-order valence-electron chi connectivity index (χ4n) is 9.06. The molecule has 0 bridgehead atoms. The van der Waals surface area contributed by atoms with Crippen molar-refractivity contribution in [2.24, 2.45) is 0 Å². The van der Waals surface area contributed by atoms with Crippen LogP contribution < -0.4 is 14.5 Å². The van der Waals surface area contributed by atoms with Crippen molar-refractivity contribution < 1.29 is 4.74 Å². The molecule has 1 aliphatic heterocycles. The Morgan fingerprint density at radius 1 is 0.469 bits per heavy atom. The van der Waals surface area contributed by atoms with Crippen molar-refractivity contribution in [1.82, 2.24) is 9.55 Å². The molecule has 0 saturated carbocycles. The average molecular weight is 843 g/mol. The number of pyridine rings is 1. The van der Waals surface area contributed by atoms with Crippen LogP contribution in [0.1, 0.15) is 104 Å². The van der Waals surface area contributed by atoms with E-state index in [1.54, 1.807) is 0 Å². The maximum atomic E-state index is 7.11. The van der Waals surface area contributed by atoms with Crippen molar-refractivity contribution in [2.45, 2.75) is 97.8 Å². The zero-order chi connectivity index (χ0) is 45.2. The maximum Gasteiger partial charge on any atom is 0.137 e. The van der Waals surface area contributed by atoms with Crippen LogP contribution in [0, 0.1) is 0 Å². The second kappa shape index (κ2) is 15.9. The van der Waals surface area contributed by atoms with Crippen LogP contribution in [0.25, 0.3) is 38.8 Å². The lowest BCUT2D eigenvalue weighted by molar-refractivity contribution is 0.480. The summed E-state index contributed by atoms with van der Waals surface area (Å²) in [5, 5.41) is 2.43. The van der Waals surface area contributed by atoms with Crippen molar-refractivity contribution in [3.63, 3.8) is 0 Å². The van der Waals surface area contributed by atoms with Crippen LogP contribution in [0.2, 0.25) is 0 Å². The molecule has 0 radical (unpaired) electrons. The van der Waals surface area contributed by atoms with Gasteiger partial charge in [0.25, 0.3) is 0 Å². The molecule has 324 valence electrons. The molecular formula is C59H62N4O. The molecule has 0 aliphatic carbocycles. The van der Waals surface area contributed by atoms with Gasteiger partial charge in [-0.1, -0.05) is 161 Å². The summed E-state index contributed by atoms with van der Waals surface area (Å²) in [6, 6.07) is 52.8. The van der Waals surface area contributed by atoms with Gasteiger partial charge in [-0.3, -0.25) is 4.57 Å². The molecular weight excluding hydrogens is 781 g/mol. The van der Waals surface area contributed by atoms with Gasteiger partial charge < -0.3 is 14.5 Å². The number of hydrogen-bond donors (Lipinski definition) is 0. The molecule has 9 rings (SSSR count). The number of hydrogen-bond acceptors (Lipinski definition) is 4. The van der Waals surface area contributed by atoms with Gasteiger partial charge in [0.05, 0.1) is 17.7 Å². The van der Waals surface area contributed by atoms with Gasteiger partial charge in [-0.15, -0.1) is 0 Å². The molecule has 64 heavy (non-hydrogen) atoms. The van der Waals surface area contributed by atoms with Crippen LogP contribution in [-0.2, 0) is 21.7 Å². The van der Waals surface area contributed by atoms with E-state index in [1.807, 2.05) is 6.20 Å². The van der Waals surface area contributed by atoms with Gasteiger partial charge in [-0.2, -0.15) is 0 Å². The molecule has 0 spiro atoms. The summed E-state index contributed by atoms with van der Waals surface area (Å²) in [5.41, 5.74) is 12.7. The minimum Gasteiger partial charge on any atom is -0.457 e. The van der Waals surface area contributed by atoms with Crippen molar-refractivity contribution >= 4 is 33.2 Å². The minimum absolute atomic E-state index is 0.0197. The molecule has 5 heteroatoms. The van der Waals surface area contributed by atoms with Crippen LogP contribution in [0.5, 0.6) is 11.5 Å². The lowest BCUT2D eigenvalue weighted by Gasteiger charge is -2.31. The smallest absolute Gasteiger partial charge is 0.137 e. The van der Waals surface area contributed by atoms with Gasteiger partial charge in [-0.05, 0) is 104 Å². The summed E-state index contributed by atoms with van der Waals surface area (Å²) in [4.78, 5) is 9.67. The highest BCUT2D eigenvalue weighted by atomic mass is 16.5. The second-order valence-corrected chi connectivity index (χ2v) is 21.2. The quantitative estimate of drug-likeness (QED) is 0.153. The van der Waals surface area contributed by atoms with E-state index in [2.05, 4.69) is 249 Å². The van der Waals surface area contributed by atoms with Crippen molar-refractivity contribution in [3.05, 3.63) is 192 Å². The number of nitrogens with zero attached hydrogens (tertiary/aromatic N) is 4. The van der Waals surface area contributed by atoms with Crippen molar-refractivity contribution in [3.8, 4) is 28.4 Å². The standard InChI is InChI=1S/C59H62N4O/c1-56(2,3)43-26-27-60-54(35-43)63-52-25-19-18-24-50(52)55-51(58(7,8)9)37-49(38-53(55)63)64-48-31-41(40-20-14-12-15-21-40)30-46(36-48)61-28-29-62(39-61)47-33-44(57(4,5)6)32-45(34-47)59(10,11)42-22-16-13-17-23-42/h12-38H,39H2,1-11H3. The highest BCUT2D eigenvalue weighted by Crippen LogP contribution is 2.44. The number of anilines is 2. The first kappa shape index (κ1) is 42.7. The highest BCUT2D eigenvalue weighted by Gasteiger charge is 2.29. The molecule has 0 unspecified atom stereocenters. The fourth-order valence-corrected chi connectivity index (χ4v) is 9.06. The number of rotatable bonds is 8. The molecule has 2 aromatic heterocycles. The van der Waals surface area contributed by atoms with E-state index >= 15 is 0 Å². The first-order valence-corrected chi connectivity index (χ1v) is 22.7. The lowest BCUT2D eigenvalue weighted by atomic mass is 9.75. The minimum atomic E-state index is -0.173. The highest BCUT2D eigenvalue weighted by molar-refractivity contribution is 6.11. The molecule has 5 nitrogen and oxygen atoms in total. The van der Waals surface area contributed by atoms with Crippen LogP contribution in [0.3, 0.4) is 0 Å². The van der Waals surface area contributed by atoms with Crippen LogP contribution in [0.15, 0.2) is 164 Å². The van der Waals surface area contributed by atoms with E-state index in [9.17, 15) is 0 Å². The Hall–Kier alpha value is -6.59. The predicted octanol–water partition coefficient (Wildman–Crippen LogP) is 15.6. The van der Waals surface area contributed by atoms with Crippen LogP contribution >= 0.6 is 0 Å². The Morgan fingerprint density at radius 2 is 1.08 bits per heavy atom. The fraction of sp³-hybridized carbons (Fsp3) is 0.271. The molecule has 1 aliphatic rings. The first-order chi connectivity index (χ1) is 30.3. The predicted molar refractivity (Wildman–Crippen MR) is 271 cm³/mol. The summed E-state index contributed by atoms with van der Waals surface area (Å²) < 4.78 is 9.43. The van der Waals surface area contributed by atoms with Crippen LogP contribution in [-0.4, -0.2) is 16.2 Å². The van der Waals surface area contributed by atoms with Gasteiger partial charge in [0.15, 0.2) is 0 Å². The summed E-state index contributed by atoms with van der Waals surface area (Å²) in [7, 11) is 0. The zero-order valence-electron chi connectivity index (χ0n) is 39.5. The Balaban J connectivity index is 1.13. The number of ether oxygens (including phenoxy) is 1. The molecule has 6 aromatic carbocycles. The first-order valence-electron chi connectivity index (χ1n) is 22.7. The Bertz CT molecular complexity index is 3030. The third-order valence-electron chi connectivity index (χ3n) is 13.0. The van der Waals surface area contributed by atoms with Crippen molar-refractivity contribution in [2.75, 3.05) is 16.5 Å². The van der Waals surface area contributed by atoms with Crippen molar-refractivity contribution in [1.29, 1.82) is 0 Å². The number of benzene rings is 6. The van der Waals surface area contributed by atoms with E-state index < -0.39 is 0 Å². The third-order valence-corrected chi connectivity index (χ3v) is 13.0. The molecule has 0 saturated heterocycles. The molecule has 3 heterocycles. The average Bonchev–Trinajstić information content (AvgIpc) is 3.90. The Morgan fingerprint density at radius 3 is 1.75 bits per heavy atom. The van der Waals surface area contributed by atoms with E-state index in [1.165, 1.54) is 44.3 Å². The number of aromatic nitrogens is 2. The van der Waals surface area contributed by atoms with E-state index in [4.69, 9.17) is 9.72 Å². The van der Waals surface area contributed by atoms with E-state index in [0.29, 0.717) is 6.67 Å².